The summed E-state index contributed by atoms with van der Waals surface area (Å²) in [6.45, 7) is 5.20. The van der Waals surface area contributed by atoms with Crippen molar-refractivity contribution < 1.29 is 24.2 Å². The number of amides is 2. The molecule has 2 N–H and O–H groups in total. The third kappa shape index (κ3) is 4.90. The van der Waals surface area contributed by atoms with Crippen molar-refractivity contribution in [1.29, 1.82) is 0 Å². The molecule has 0 saturated carbocycles. The van der Waals surface area contributed by atoms with E-state index in [1.807, 2.05) is 36.4 Å². The topological polar surface area (TPSA) is 109 Å². The van der Waals surface area contributed by atoms with Gasteiger partial charge in [0.25, 0.3) is 0 Å². The Morgan fingerprint density at radius 3 is 2.23 bits per heavy atom. The van der Waals surface area contributed by atoms with Gasteiger partial charge in [-0.2, -0.15) is 4.37 Å². The minimum atomic E-state index is -1.14. The Morgan fingerprint density at radius 2 is 1.66 bits per heavy atom. The summed E-state index contributed by atoms with van der Waals surface area (Å²) in [7, 11) is 1.51. The van der Waals surface area contributed by atoms with Crippen LogP contribution in [0.15, 0.2) is 48.5 Å². The number of aromatic carboxylic acids is 1. The summed E-state index contributed by atoms with van der Waals surface area (Å²) in [4.78, 5) is 38.4. The number of rotatable bonds is 7. The van der Waals surface area contributed by atoms with E-state index in [4.69, 9.17) is 4.74 Å². The van der Waals surface area contributed by atoms with Gasteiger partial charge in [0.1, 0.15) is 17.2 Å². The van der Waals surface area contributed by atoms with E-state index >= 15 is 0 Å². The number of carboxylic acid groups (broad SMARTS) is 1. The Morgan fingerprint density at radius 1 is 1.09 bits per heavy atom. The highest BCUT2D eigenvalue weighted by Crippen LogP contribution is 2.44. The van der Waals surface area contributed by atoms with Gasteiger partial charge < -0.3 is 20.1 Å². The van der Waals surface area contributed by atoms with E-state index in [1.165, 1.54) is 11.9 Å². The minimum absolute atomic E-state index is 0.00755. The number of carbonyl (C=O) groups excluding carboxylic acids is 2. The Labute approximate surface area is 207 Å². The molecule has 4 rings (SSSR count). The smallest absolute Gasteiger partial charge is 0.407 e. The zero-order chi connectivity index (χ0) is 25.3. The number of benzene rings is 2. The van der Waals surface area contributed by atoms with Gasteiger partial charge in [0, 0.05) is 24.9 Å². The van der Waals surface area contributed by atoms with Crippen LogP contribution in [-0.2, 0) is 9.53 Å². The van der Waals surface area contributed by atoms with Gasteiger partial charge in [-0.15, -0.1) is 0 Å². The van der Waals surface area contributed by atoms with E-state index in [9.17, 15) is 19.5 Å². The number of ether oxygens (including phenoxy) is 1. The second kappa shape index (κ2) is 9.50. The Kier molecular flexibility index (Phi) is 6.62. The Balaban J connectivity index is 1.39. The van der Waals surface area contributed by atoms with E-state index < -0.39 is 17.6 Å². The number of anilines is 1. The number of hydrogen-bond acceptors (Lipinski definition) is 6. The second-order valence-electron chi connectivity index (χ2n) is 9.22. The molecule has 0 unspecified atom stereocenters. The Bertz CT molecular complexity index is 1250. The maximum atomic E-state index is 12.9. The van der Waals surface area contributed by atoms with Gasteiger partial charge >= 0.3 is 12.1 Å². The van der Waals surface area contributed by atoms with Crippen LogP contribution in [-0.4, -0.2) is 46.6 Å². The molecule has 2 amide bonds. The van der Waals surface area contributed by atoms with Crippen LogP contribution in [0.1, 0.15) is 53.4 Å². The van der Waals surface area contributed by atoms with Crippen molar-refractivity contribution >= 4 is 34.5 Å². The summed E-state index contributed by atoms with van der Waals surface area (Å²) in [5.41, 5.74) is 3.96. The Hall–Kier alpha value is -3.72. The van der Waals surface area contributed by atoms with E-state index in [2.05, 4.69) is 21.8 Å². The lowest BCUT2D eigenvalue weighted by Crippen LogP contribution is -2.47. The fourth-order valence-electron chi connectivity index (χ4n) is 4.40. The summed E-state index contributed by atoms with van der Waals surface area (Å²) < 4.78 is 9.65. The van der Waals surface area contributed by atoms with Crippen LogP contribution in [0.25, 0.3) is 11.1 Å². The van der Waals surface area contributed by atoms with Gasteiger partial charge in [-0.25, -0.2) is 9.59 Å². The second-order valence-corrected chi connectivity index (χ2v) is 9.97. The lowest BCUT2D eigenvalue weighted by molar-refractivity contribution is -0.119. The third-order valence-corrected chi connectivity index (χ3v) is 7.13. The van der Waals surface area contributed by atoms with Gasteiger partial charge in [0.05, 0.1) is 5.69 Å². The molecule has 0 saturated heterocycles. The van der Waals surface area contributed by atoms with Crippen molar-refractivity contribution in [3.05, 3.63) is 70.9 Å². The molecule has 35 heavy (non-hydrogen) atoms. The first kappa shape index (κ1) is 24.4. The van der Waals surface area contributed by atoms with Gasteiger partial charge in [0.15, 0.2) is 0 Å². The number of fused-ring (bicyclic) bond motifs is 3. The number of nitrogens with one attached hydrogen (secondary N) is 1. The first-order chi connectivity index (χ1) is 16.6. The molecular weight excluding hydrogens is 466 g/mol. The first-order valence-electron chi connectivity index (χ1n) is 11.2. The van der Waals surface area contributed by atoms with E-state index in [-0.39, 0.29) is 35.4 Å². The number of aryl methyl sites for hydroxylation is 1. The first-order valence-corrected chi connectivity index (χ1v) is 12.0. The van der Waals surface area contributed by atoms with Crippen LogP contribution in [0.4, 0.5) is 9.80 Å². The number of nitrogens with zero attached hydrogens (tertiary/aromatic N) is 2. The molecule has 2 aromatic carbocycles. The molecule has 1 aliphatic carbocycles. The van der Waals surface area contributed by atoms with Crippen LogP contribution in [0.2, 0.25) is 0 Å². The van der Waals surface area contributed by atoms with E-state index in [0.29, 0.717) is 5.69 Å². The molecule has 0 spiro atoms. The molecule has 0 aliphatic heterocycles. The average molecular weight is 494 g/mol. The summed E-state index contributed by atoms with van der Waals surface area (Å²) in [5.74, 6) is -1.55. The van der Waals surface area contributed by atoms with E-state index in [1.54, 1.807) is 20.8 Å². The van der Waals surface area contributed by atoms with Gasteiger partial charge in [-0.3, -0.25) is 4.79 Å². The van der Waals surface area contributed by atoms with Crippen molar-refractivity contribution in [3.63, 3.8) is 0 Å². The molecule has 0 radical (unpaired) electrons. The predicted molar refractivity (Wildman–Crippen MR) is 134 cm³/mol. The largest absolute Gasteiger partial charge is 0.478 e. The molecule has 1 aromatic heterocycles. The van der Waals surface area contributed by atoms with Gasteiger partial charge in [-0.05, 0) is 54.6 Å². The standard InChI is InChI=1S/C26H27N3O5S/c1-15-22(24(31)32)23(35-28-15)29(4)21(30)13-26(2,3)27-25(33)34-14-20-18-11-7-5-9-16(18)17-10-6-8-12-19(17)20/h5-12,20H,13-14H2,1-4H3,(H,27,33)(H,31,32). The molecule has 0 bridgehead atoms. The van der Waals surface area contributed by atoms with Crippen LogP contribution >= 0.6 is 11.5 Å². The summed E-state index contributed by atoms with van der Waals surface area (Å²) in [6, 6.07) is 16.2. The van der Waals surface area contributed by atoms with Gasteiger partial charge in [0.2, 0.25) is 5.91 Å². The number of hydrogen-bond donors (Lipinski definition) is 2. The quantitative estimate of drug-likeness (QED) is 0.488. The molecule has 182 valence electrons. The van der Waals surface area contributed by atoms with Crippen LogP contribution in [0.5, 0.6) is 0 Å². The van der Waals surface area contributed by atoms with Crippen LogP contribution < -0.4 is 10.2 Å². The fraction of sp³-hybridized carbons (Fsp3) is 0.308. The number of carboxylic acids is 1. The fourth-order valence-corrected chi connectivity index (χ4v) is 5.26. The lowest BCUT2D eigenvalue weighted by atomic mass is 9.98. The van der Waals surface area contributed by atoms with Crippen molar-refractivity contribution in [3.8, 4) is 11.1 Å². The highest BCUT2D eigenvalue weighted by molar-refractivity contribution is 7.11. The van der Waals surface area contributed by atoms with Crippen LogP contribution in [0, 0.1) is 6.92 Å². The van der Waals surface area contributed by atoms with E-state index in [0.717, 1.165) is 33.8 Å². The number of carbonyl (C=O) groups is 3. The number of alkyl carbamates (subject to hydrolysis) is 1. The normalized spacial score (nSPS) is 12.6. The molecule has 9 heteroatoms. The minimum Gasteiger partial charge on any atom is -0.478 e. The SMILES string of the molecule is Cc1nsc(N(C)C(=O)CC(C)(C)NC(=O)OCC2c3ccccc3-c3ccccc32)c1C(=O)O. The molecule has 1 heterocycles. The lowest BCUT2D eigenvalue weighted by Gasteiger charge is -2.28. The highest BCUT2D eigenvalue weighted by atomic mass is 32.1. The predicted octanol–water partition coefficient (Wildman–Crippen LogP) is 4.82. The maximum Gasteiger partial charge on any atom is 0.407 e. The number of aromatic nitrogens is 1. The summed E-state index contributed by atoms with van der Waals surface area (Å²) in [6.07, 6.45) is -0.670. The average Bonchev–Trinajstić information content (AvgIpc) is 3.34. The van der Waals surface area contributed by atoms with Gasteiger partial charge in [-0.1, -0.05) is 48.5 Å². The van der Waals surface area contributed by atoms with Crippen molar-refractivity contribution in [2.24, 2.45) is 0 Å². The molecule has 8 nitrogen and oxygen atoms in total. The molecular formula is C26H27N3O5S. The maximum absolute atomic E-state index is 12.9. The molecule has 3 aromatic rings. The molecule has 0 atom stereocenters. The van der Waals surface area contributed by atoms with Crippen LogP contribution in [0.3, 0.4) is 0 Å². The molecule has 1 aliphatic rings. The van der Waals surface area contributed by atoms with Crippen molar-refractivity contribution in [2.75, 3.05) is 18.6 Å². The summed E-state index contributed by atoms with van der Waals surface area (Å²) >= 11 is 0.954. The van der Waals surface area contributed by atoms with Crippen molar-refractivity contribution in [1.82, 2.24) is 9.69 Å². The molecule has 0 fully saturated rings. The van der Waals surface area contributed by atoms with Crippen molar-refractivity contribution in [2.45, 2.75) is 38.6 Å². The monoisotopic (exact) mass is 493 g/mol. The highest BCUT2D eigenvalue weighted by Gasteiger charge is 2.32. The summed E-state index contributed by atoms with van der Waals surface area (Å²) in [5, 5.41) is 12.5. The zero-order valence-corrected chi connectivity index (χ0v) is 20.8. The zero-order valence-electron chi connectivity index (χ0n) is 20.0. The third-order valence-electron chi connectivity index (χ3n) is 6.11.